The Morgan fingerprint density at radius 3 is 2.70 bits per heavy atom. The van der Waals surface area contributed by atoms with E-state index >= 15 is 0 Å². The van der Waals surface area contributed by atoms with E-state index in [1.165, 1.54) is 0 Å². The second-order valence-corrected chi connectivity index (χ2v) is 5.41. The number of carbonyl (C=O) groups is 1. The van der Waals surface area contributed by atoms with E-state index in [1.54, 1.807) is 0 Å². The average molecular weight is 275 g/mol. The van der Waals surface area contributed by atoms with E-state index in [-0.39, 0.29) is 13.2 Å². The molecule has 0 aliphatic rings. The lowest BCUT2D eigenvalue weighted by Crippen LogP contribution is -2.32. The molecule has 20 heavy (non-hydrogen) atoms. The predicted octanol–water partition coefficient (Wildman–Crippen LogP) is 2.36. The van der Waals surface area contributed by atoms with Crippen LogP contribution in [0.5, 0.6) is 0 Å². The molecule has 0 bridgehead atoms. The molecular weight excluding hydrogens is 254 g/mol. The number of aliphatic hydroxyl groups is 1. The number of aliphatic hydroxyl groups excluding tert-OH is 1. The van der Waals surface area contributed by atoms with Crippen LogP contribution in [-0.2, 0) is 11.3 Å². The highest BCUT2D eigenvalue weighted by atomic mass is 16.6. The molecule has 0 saturated heterocycles. The van der Waals surface area contributed by atoms with Gasteiger partial charge in [0.05, 0.1) is 13.2 Å². The Hall–Kier alpha value is -1.99. The van der Waals surface area contributed by atoms with E-state index in [0.29, 0.717) is 0 Å². The maximum absolute atomic E-state index is 11.4. The van der Waals surface area contributed by atoms with Crippen molar-refractivity contribution in [3.63, 3.8) is 0 Å². The molecule has 0 radical (unpaired) electrons. The van der Waals surface area contributed by atoms with E-state index in [2.05, 4.69) is 17.2 Å². The zero-order valence-electron chi connectivity index (χ0n) is 12.4. The largest absolute Gasteiger partial charge is 0.444 e. The van der Waals surface area contributed by atoms with Crippen LogP contribution in [0.15, 0.2) is 18.2 Å². The molecule has 0 aliphatic carbocycles. The fourth-order valence-corrected chi connectivity index (χ4v) is 1.56. The third-order valence-electron chi connectivity index (χ3n) is 2.56. The van der Waals surface area contributed by atoms with Crippen molar-refractivity contribution >= 4 is 6.09 Å². The van der Waals surface area contributed by atoms with E-state index in [0.717, 1.165) is 16.7 Å². The predicted molar refractivity (Wildman–Crippen MR) is 78.2 cm³/mol. The second-order valence-electron chi connectivity index (χ2n) is 5.41. The first-order valence-electron chi connectivity index (χ1n) is 6.48. The van der Waals surface area contributed by atoms with Crippen molar-refractivity contribution in [2.24, 2.45) is 0 Å². The summed E-state index contributed by atoms with van der Waals surface area (Å²) in [4.78, 5) is 11.4. The molecule has 0 aromatic heterocycles. The number of hydrogen-bond acceptors (Lipinski definition) is 3. The molecule has 4 nitrogen and oxygen atoms in total. The molecule has 0 saturated carbocycles. The molecule has 0 atom stereocenters. The quantitative estimate of drug-likeness (QED) is 0.815. The number of rotatable bonds is 2. The van der Waals surface area contributed by atoms with Gasteiger partial charge in [0, 0.05) is 5.56 Å². The topological polar surface area (TPSA) is 58.6 Å². The molecule has 1 amide bonds. The molecule has 108 valence electrons. The number of amides is 1. The fourth-order valence-electron chi connectivity index (χ4n) is 1.56. The van der Waals surface area contributed by atoms with Gasteiger partial charge in [0.2, 0.25) is 0 Å². The van der Waals surface area contributed by atoms with Gasteiger partial charge in [-0.1, -0.05) is 24.0 Å². The summed E-state index contributed by atoms with van der Waals surface area (Å²) in [7, 11) is 0. The summed E-state index contributed by atoms with van der Waals surface area (Å²) >= 11 is 0. The molecule has 2 N–H and O–H groups in total. The van der Waals surface area contributed by atoms with Crippen molar-refractivity contribution in [2.45, 2.75) is 39.9 Å². The first-order valence-corrected chi connectivity index (χ1v) is 6.48. The number of hydrogen-bond donors (Lipinski definition) is 2. The van der Waals surface area contributed by atoms with Crippen molar-refractivity contribution in [3.8, 4) is 11.8 Å². The first kappa shape index (κ1) is 16.1. The van der Waals surface area contributed by atoms with E-state index in [9.17, 15) is 9.90 Å². The first-order chi connectivity index (χ1) is 9.33. The lowest BCUT2D eigenvalue weighted by Gasteiger charge is -2.19. The summed E-state index contributed by atoms with van der Waals surface area (Å²) in [5, 5.41) is 11.7. The van der Waals surface area contributed by atoms with Crippen molar-refractivity contribution in [1.82, 2.24) is 5.32 Å². The SMILES string of the molecule is Cc1c(C#CCNC(=O)OC(C)(C)C)cccc1CO. The molecule has 1 aromatic rings. The third kappa shape index (κ3) is 5.33. The summed E-state index contributed by atoms with van der Waals surface area (Å²) in [6.45, 7) is 7.55. The molecule has 0 aliphatic heterocycles. The minimum atomic E-state index is -0.510. The van der Waals surface area contributed by atoms with Crippen molar-refractivity contribution in [1.29, 1.82) is 0 Å². The van der Waals surface area contributed by atoms with Crippen LogP contribution in [0.4, 0.5) is 4.79 Å². The van der Waals surface area contributed by atoms with Crippen molar-refractivity contribution < 1.29 is 14.6 Å². The van der Waals surface area contributed by atoms with E-state index < -0.39 is 11.7 Å². The molecule has 1 rings (SSSR count). The minimum absolute atomic E-state index is 0.00247. The number of nitrogens with one attached hydrogen (secondary N) is 1. The van der Waals surface area contributed by atoms with Gasteiger partial charge in [-0.3, -0.25) is 0 Å². The summed E-state index contributed by atoms with van der Waals surface area (Å²) in [5.74, 6) is 5.84. The second kappa shape index (κ2) is 6.97. The Morgan fingerprint density at radius 1 is 1.40 bits per heavy atom. The van der Waals surface area contributed by atoms with Crippen molar-refractivity contribution in [3.05, 3.63) is 34.9 Å². The van der Waals surface area contributed by atoms with Crippen LogP contribution in [0, 0.1) is 18.8 Å². The summed E-state index contributed by atoms with van der Waals surface area (Å²) < 4.78 is 5.10. The highest BCUT2D eigenvalue weighted by Gasteiger charge is 2.14. The van der Waals surface area contributed by atoms with Gasteiger partial charge in [0.1, 0.15) is 5.60 Å². The number of carbonyl (C=O) groups excluding carboxylic acids is 1. The highest BCUT2D eigenvalue weighted by Crippen LogP contribution is 2.12. The zero-order valence-corrected chi connectivity index (χ0v) is 12.4. The molecule has 0 spiro atoms. The molecular formula is C16H21NO3. The molecule has 0 fully saturated rings. The molecule has 0 unspecified atom stereocenters. The van der Waals surface area contributed by atoms with Gasteiger partial charge in [-0.15, -0.1) is 0 Å². The minimum Gasteiger partial charge on any atom is -0.444 e. The van der Waals surface area contributed by atoms with Gasteiger partial charge < -0.3 is 15.2 Å². The number of benzene rings is 1. The monoisotopic (exact) mass is 275 g/mol. The summed E-state index contributed by atoms with van der Waals surface area (Å²) in [6, 6.07) is 5.60. The Morgan fingerprint density at radius 2 is 2.10 bits per heavy atom. The molecule has 0 heterocycles. The van der Waals surface area contributed by atoms with Gasteiger partial charge in [-0.2, -0.15) is 0 Å². The van der Waals surface area contributed by atoms with Crippen LogP contribution < -0.4 is 5.32 Å². The van der Waals surface area contributed by atoms with Crippen molar-refractivity contribution in [2.75, 3.05) is 6.54 Å². The number of ether oxygens (including phenoxy) is 1. The molecule has 1 aromatic carbocycles. The summed E-state index contributed by atoms with van der Waals surface area (Å²) in [6.07, 6.45) is -0.479. The smallest absolute Gasteiger partial charge is 0.408 e. The van der Waals surface area contributed by atoms with E-state index in [1.807, 2.05) is 45.9 Å². The van der Waals surface area contributed by atoms with Gasteiger partial charge in [-0.25, -0.2) is 4.79 Å². The van der Waals surface area contributed by atoms with Crippen LogP contribution in [0.1, 0.15) is 37.5 Å². The standard InChI is InChI=1S/C16H21NO3/c1-12-13(7-5-8-14(12)11-18)9-6-10-17-15(19)20-16(2,3)4/h5,7-8,18H,10-11H2,1-4H3,(H,17,19). The Kier molecular flexibility index (Phi) is 5.60. The third-order valence-corrected chi connectivity index (χ3v) is 2.56. The highest BCUT2D eigenvalue weighted by molar-refractivity contribution is 5.68. The van der Waals surface area contributed by atoms with Crippen LogP contribution in [0.2, 0.25) is 0 Å². The fraction of sp³-hybridized carbons (Fsp3) is 0.438. The molecule has 4 heteroatoms. The zero-order chi connectivity index (χ0) is 15.2. The van der Waals surface area contributed by atoms with E-state index in [4.69, 9.17) is 4.74 Å². The van der Waals surface area contributed by atoms with Gasteiger partial charge in [-0.05, 0) is 44.9 Å². The Labute approximate surface area is 120 Å². The van der Waals surface area contributed by atoms with Gasteiger partial charge in [0.25, 0.3) is 0 Å². The maximum Gasteiger partial charge on any atom is 0.408 e. The van der Waals surface area contributed by atoms with Gasteiger partial charge >= 0.3 is 6.09 Å². The maximum atomic E-state index is 11.4. The summed E-state index contributed by atoms with van der Waals surface area (Å²) in [5.41, 5.74) is 2.16. The van der Waals surface area contributed by atoms with Crippen LogP contribution in [0.3, 0.4) is 0 Å². The van der Waals surface area contributed by atoms with Crippen LogP contribution in [-0.4, -0.2) is 23.3 Å². The number of alkyl carbamates (subject to hydrolysis) is 1. The lowest BCUT2D eigenvalue weighted by atomic mass is 10.0. The Bertz CT molecular complexity index is 533. The van der Waals surface area contributed by atoms with Crippen LogP contribution in [0.25, 0.3) is 0 Å². The lowest BCUT2D eigenvalue weighted by molar-refractivity contribution is 0.0535. The van der Waals surface area contributed by atoms with Crippen LogP contribution >= 0.6 is 0 Å². The average Bonchev–Trinajstić information content (AvgIpc) is 2.34. The normalized spacial score (nSPS) is 10.4. The Balaban J connectivity index is 2.58. The van der Waals surface area contributed by atoms with Gasteiger partial charge in [0.15, 0.2) is 0 Å².